The minimum Gasteiger partial charge on any atom is -0.465 e. The van der Waals surface area contributed by atoms with E-state index in [-0.39, 0.29) is 5.56 Å². The first-order chi connectivity index (χ1) is 9.61. The highest BCUT2D eigenvalue weighted by atomic mass is 19.1. The summed E-state index contributed by atoms with van der Waals surface area (Å²) in [6.07, 6.45) is 3.65. The topological polar surface area (TPSA) is 41.6 Å². The van der Waals surface area contributed by atoms with E-state index >= 15 is 0 Å². The monoisotopic (exact) mass is 280 g/mol. The average Bonchev–Trinajstić information content (AvgIpc) is 2.47. The number of nitrogens with one attached hydrogen (secondary N) is 1. The third kappa shape index (κ3) is 3.48. The van der Waals surface area contributed by atoms with E-state index < -0.39 is 11.8 Å². The van der Waals surface area contributed by atoms with Crippen LogP contribution in [0.4, 0.5) is 10.1 Å². The number of hydrogen-bond donors (Lipinski definition) is 1. The van der Waals surface area contributed by atoms with Crippen molar-refractivity contribution in [1.82, 2.24) is 4.90 Å². The number of piperidine rings is 1. The van der Waals surface area contributed by atoms with Crippen molar-refractivity contribution in [1.29, 1.82) is 0 Å². The molecule has 1 atom stereocenters. The van der Waals surface area contributed by atoms with Gasteiger partial charge >= 0.3 is 5.97 Å². The molecule has 4 nitrogen and oxygen atoms in total. The first-order valence-corrected chi connectivity index (χ1v) is 6.94. The lowest BCUT2D eigenvalue weighted by molar-refractivity contribution is 0.0595. The number of carbonyl (C=O) groups excluding carboxylic acids is 1. The fourth-order valence-electron chi connectivity index (χ4n) is 2.54. The standard InChI is InChI=1S/C15H21FN2O2/c1-18-8-4-3-5-12(18)10-17-11-6-7-14(16)13(9-11)15(19)20-2/h6-7,9,12,17H,3-5,8,10H2,1-2H3. The summed E-state index contributed by atoms with van der Waals surface area (Å²) in [6.45, 7) is 1.91. The molecule has 110 valence electrons. The number of methoxy groups -OCH3 is 1. The van der Waals surface area contributed by atoms with E-state index in [9.17, 15) is 9.18 Å². The maximum atomic E-state index is 13.5. The van der Waals surface area contributed by atoms with Crippen molar-refractivity contribution in [2.45, 2.75) is 25.3 Å². The molecule has 1 saturated heterocycles. The third-order valence-corrected chi connectivity index (χ3v) is 3.83. The number of ether oxygens (including phenoxy) is 1. The average molecular weight is 280 g/mol. The molecular formula is C15H21FN2O2. The third-order valence-electron chi connectivity index (χ3n) is 3.83. The van der Waals surface area contributed by atoms with Crippen LogP contribution in [0.15, 0.2) is 18.2 Å². The van der Waals surface area contributed by atoms with Gasteiger partial charge in [-0.3, -0.25) is 0 Å². The first-order valence-electron chi connectivity index (χ1n) is 6.94. The van der Waals surface area contributed by atoms with E-state index in [0.717, 1.165) is 25.2 Å². The Balaban J connectivity index is 2.00. The Morgan fingerprint density at radius 2 is 2.30 bits per heavy atom. The summed E-state index contributed by atoms with van der Waals surface area (Å²) in [6, 6.07) is 4.92. The van der Waals surface area contributed by atoms with Gasteiger partial charge in [-0.1, -0.05) is 6.42 Å². The quantitative estimate of drug-likeness (QED) is 0.861. The van der Waals surface area contributed by atoms with Gasteiger partial charge in [0.1, 0.15) is 5.82 Å². The van der Waals surface area contributed by atoms with Crippen LogP contribution in [0.5, 0.6) is 0 Å². The van der Waals surface area contributed by atoms with Crippen LogP contribution in [0.3, 0.4) is 0 Å². The molecule has 0 aromatic heterocycles. The second-order valence-electron chi connectivity index (χ2n) is 5.20. The van der Waals surface area contributed by atoms with Crippen molar-refractivity contribution in [3.8, 4) is 0 Å². The highest BCUT2D eigenvalue weighted by Gasteiger charge is 2.19. The molecule has 0 aliphatic carbocycles. The Kier molecular flexibility index (Phi) is 4.95. The lowest BCUT2D eigenvalue weighted by Crippen LogP contribution is -2.40. The zero-order valence-electron chi connectivity index (χ0n) is 12.0. The molecule has 5 heteroatoms. The molecule has 20 heavy (non-hydrogen) atoms. The molecular weight excluding hydrogens is 259 g/mol. The fraction of sp³-hybridized carbons (Fsp3) is 0.533. The second-order valence-corrected chi connectivity index (χ2v) is 5.20. The molecule has 1 aromatic rings. The predicted octanol–water partition coefficient (Wildman–Crippen LogP) is 2.51. The van der Waals surface area contributed by atoms with Crippen molar-refractivity contribution >= 4 is 11.7 Å². The van der Waals surface area contributed by atoms with E-state index in [4.69, 9.17) is 0 Å². The zero-order valence-corrected chi connectivity index (χ0v) is 12.0. The van der Waals surface area contributed by atoms with E-state index in [2.05, 4.69) is 22.0 Å². The smallest absolute Gasteiger partial charge is 0.340 e. The largest absolute Gasteiger partial charge is 0.465 e. The number of rotatable bonds is 4. The Bertz CT molecular complexity index is 479. The maximum absolute atomic E-state index is 13.5. The Labute approximate surface area is 118 Å². The highest BCUT2D eigenvalue weighted by Crippen LogP contribution is 2.18. The summed E-state index contributed by atoms with van der Waals surface area (Å²) in [7, 11) is 3.37. The summed E-state index contributed by atoms with van der Waals surface area (Å²) >= 11 is 0. The van der Waals surface area contributed by atoms with Crippen LogP contribution in [0, 0.1) is 5.82 Å². The van der Waals surface area contributed by atoms with Gasteiger partial charge in [-0.15, -0.1) is 0 Å². The van der Waals surface area contributed by atoms with Gasteiger partial charge in [0, 0.05) is 18.3 Å². The number of carbonyl (C=O) groups is 1. The number of esters is 1. The van der Waals surface area contributed by atoms with E-state index in [1.54, 1.807) is 6.07 Å². The van der Waals surface area contributed by atoms with E-state index in [1.165, 1.54) is 32.1 Å². The van der Waals surface area contributed by atoms with Gasteiger partial charge < -0.3 is 15.0 Å². The van der Waals surface area contributed by atoms with Crippen molar-refractivity contribution in [2.75, 3.05) is 32.6 Å². The van der Waals surface area contributed by atoms with Crippen molar-refractivity contribution in [2.24, 2.45) is 0 Å². The Morgan fingerprint density at radius 1 is 1.50 bits per heavy atom. The Morgan fingerprint density at radius 3 is 3.00 bits per heavy atom. The molecule has 1 aromatic carbocycles. The Hall–Kier alpha value is -1.62. The summed E-state index contributed by atoms with van der Waals surface area (Å²) < 4.78 is 18.1. The molecule has 1 fully saturated rings. The fourth-order valence-corrected chi connectivity index (χ4v) is 2.54. The van der Waals surface area contributed by atoms with E-state index in [0.29, 0.717) is 6.04 Å². The minimum absolute atomic E-state index is 0.0329. The van der Waals surface area contributed by atoms with Crippen LogP contribution in [0.25, 0.3) is 0 Å². The van der Waals surface area contributed by atoms with Crippen molar-refractivity contribution in [3.63, 3.8) is 0 Å². The molecule has 0 bridgehead atoms. The molecule has 0 amide bonds. The number of hydrogen-bond acceptors (Lipinski definition) is 4. The summed E-state index contributed by atoms with van der Waals surface area (Å²) in [5.74, 6) is -1.21. The van der Waals surface area contributed by atoms with Crippen LogP contribution in [0.1, 0.15) is 29.6 Å². The molecule has 1 heterocycles. The number of likely N-dealkylation sites (N-methyl/N-ethyl adjacent to an activating group) is 1. The minimum atomic E-state index is -0.652. The lowest BCUT2D eigenvalue weighted by Gasteiger charge is -2.32. The van der Waals surface area contributed by atoms with Crippen molar-refractivity contribution < 1.29 is 13.9 Å². The number of halogens is 1. The van der Waals surface area contributed by atoms with E-state index in [1.807, 2.05) is 0 Å². The van der Waals surface area contributed by atoms with Crippen LogP contribution < -0.4 is 5.32 Å². The normalized spacial score (nSPS) is 19.6. The van der Waals surface area contributed by atoms with Crippen LogP contribution >= 0.6 is 0 Å². The van der Waals surface area contributed by atoms with Crippen LogP contribution in [0.2, 0.25) is 0 Å². The molecule has 0 spiro atoms. The summed E-state index contributed by atoms with van der Waals surface area (Å²) in [5, 5.41) is 3.28. The molecule has 0 saturated carbocycles. The van der Waals surface area contributed by atoms with Gasteiger partial charge in [-0.25, -0.2) is 9.18 Å². The van der Waals surface area contributed by atoms with Gasteiger partial charge in [-0.2, -0.15) is 0 Å². The number of benzene rings is 1. The molecule has 1 unspecified atom stereocenters. The van der Waals surface area contributed by atoms with Gasteiger partial charge in [0.05, 0.1) is 12.7 Å². The van der Waals surface area contributed by atoms with Crippen LogP contribution in [-0.2, 0) is 4.74 Å². The van der Waals surface area contributed by atoms with Gasteiger partial charge in [-0.05, 0) is 44.6 Å². The predicted molar refractivity (Wildman–Crippen MR) is 76.5 cm³/mol. The molecule has 2 rings (SSSR count). The summed E-state index contributed by atoms with van der Waals surface area (Å²) in [5.41, 5.74) is 0.709. The molecule has 1 aliphatic rings. The molecule has 1 N–H and O–H groups in total. The zero-order chi connectivity index (χ0) is 14.5. The maximum Gasteiger partial charge on any atom is 0.340 e. The van der Waals surface area contributed by atoms with Crippen molar-refractivity contribution in [3.05, 3.63) is 29.6 Å². The van der Waals surface area contributed by atoms with Gasteiger partial charge in [0.25, 0.3) is 0 Å². The second kappa shape index (κ2) is 6.70. The van der Waals surface area contributed by atoms with Crippen LogP contribution in [-0.4, -0.2) is 44.2 Å². The highest BCUT2D eigenvalue weighted by molar-refractivity contribution is 5.90. The number of anilines is 1. The SMILES string of the molecule is COC(=O)c1cc(NCC2CCCCN2C)ccc1F. The first kappa shape index (κ1) is 14.8. The van der Waals surface area contributed by atoms with Gasteiger partial charge in [0.2, 0.25) is 0 Å². The number of likely N-dealkylation sites (tertiary alicyclic amines) is 1. The molecule has 1 aliphatic heterocycles. The van der Waals surface area contributed by atoms with Gasteiger partial charge in [0.15, 0.2) is 0 Å². The number of nitrogens with zero attached hydrogens (tertiary/aromatic N) is 1. The molecule has 0 radical (unpaired) electrons. The lowest BCUT2D eigenvalue weighted by atomic mass is 10.0. The summed E-state index contributed by atoms with van der Waals surface area (Å²) in [4.78, 5) is 13.8.